The Labute approximate surface area is 150 Å². The highest BCUT2D eigenvalue weighted by atomic mass is 15.2. The van der Waals surface area contributed by atoms with E-state index in [0.717, 1.165) is 13.1 Å². The van der Waals surface area contributed by atoms with E-state index in [2.05, 4.69) is 78.9 Å². The van der Waals surface area contributed by atoms with Crippen molar-refractivity contribution in [3.63, 3.8) is 0 Å². The fourth-order valence-electron chi connectivity index (χ4n) is 5.40. The van der Waals surface area contributed by atoms with Crippen LogP contribution in [0.1, 0.15) is 48.2 Å². The fraction of sp³-hybridized carbons (Fsp3) is 0.391. The van der Waals surface area contributed by atoms with Gasteiger partial charge in [-0.3, -0.25) is 0 Å². The molecule has 128 valence electrons. The van der Waals surface area contributed by atoms with E-state index in [1.54, 1.807) is 11.3 Å². The van der Waals surface area contributed by atoms with Crippen LogP contribution in [0.3, 0.4) is 0 Å². The first-order chi connectivity index (χ1) is 12.1. The molecule has 3 heterocycles. The predicted octanol–water partition coefficient (Wildman–Crippen LogP) is 5.04. The second kappa shape index (κ2) is 5.22. The SMILES string of the molecule is Cc1ccc2c(c1)c1c3n2[C@H](c2ccccc2)CC[C@@]3(C)CN(C)C1. The van der Waals surface area contributed by atoms with Gasteiger partial charge in [0, 0.05) is 35.1 Å². The van der Waals surface area contributed by atoms with Gasteiger partial charge in [0.05, 0.1) is 6.04 Å². The van der Waals surface area contributed by atoms with Gasteiger partial charge in [0.15, 0.2) is 0 Å². The van der Waals surface area contributed by atoms with Gasteiger partial charge in [-0.25, -0.2) is 0 Å². The number of likely N-dealkylation sites (N-methyl/N-ethyl adjacent to an activating group) is 1. The first kappa shape index (κ1) is 15.2. The van der Waals surface area contributed by atoms with E-state index in [0.29, 0.717) is 6.04 Å². The minimum atomic E-state index is 0.264. The van der Waals surface area contributed by atoms with Crippen molar-refractivity contribution in [1.29, 1.82) is 0 Å². The molecule has 2 nitrogen and oxygen atoms in total. The average molecular weight is 330 g/mol. The maximum absolute atomic E-state index is 2.69. The molecule has 2 heteroatoms. The van der Waals surface area contributed by atoms with Crippen LogP contribution in [-0.2, 0) is 12.0 Å². The second-order valence-corrected chi connectivity index (χ2v) is 8.42. The van der Waals surface area contributed by atoms with Crippen LogP contribution in [0, 0.1) is 6.92 Å². The van der Waals surface area contributed by atoms with Crippen molar-refractivity contribution in [2.24, 2.45) is 0 Å². The zero-order chi connectivity index (χ0) is 17.2. The van der Waals surface area contributed by atoms with Crippen LogP contribution in [0.25, 0.3) is 10.9 Å². The Hall–Kier alpha value is -2.06. The third-order valence-corrected chi connectivity index (χ3v) is 6.35. The van der Waals surface area contributed by atoms with E-state index in [1.807, 2.05) is 0 Å². The number of aryl methyl sites for hydroxylation is 1. The van der Waals surface area contributed by atoms with Crippen molar-refractivity contribution in [2.45, 2.75) is 44.7 Å². The summed E-state index contributed by atoms with van der Waals surface area (Å²) in [5, 5.41) is 1.47. The predicted molar refractivity (Wildman–Crippen MR) is 104 cm³/mol. The third kappa shape index (κ3) is 2.13. The zero-order valence-electron chi connectivity index (χ0n) is 15.4. The van der Waals surface area contributed by atoms with Gasteiger partial charge >= 0.3 is 0 Å². The van der Waals surface area contributed by atoms with Gasteiger partial charge in [0.25, 0.3) is 0 Å². The number of fused-ring (bicyclic) bond motifs is 3. The molecule has 0 saturated carbocycles. The first-order valence-electron chi connectivity index (χ1n) is 9.44. The molecular weight excluding hydrogens is 304 g/mol. The molecule has 0 saturated heterocycles. The minimum absolute atomic E-state index is 0.264. The zero-order valence-corrected chi connectivity index (χ0v) is 15.4. The lowest BCUT2D eigenvalue weighted by Gasteiger charge is -2.45. The molecule has 2 aromatic carbocycles. The summed E-state index contributed by atoms with van der Waals surface area (Å²) in [4.78, 5) is 2.51. The maximum Gasteiger partial charge on any atom is 0.0589 e. The summed E-state index contributed by atoms with van der Waals surface area (Å²) < 4.78 is 2.69. The highest BCUT2D eigenvalue weighted by Crippen LogP contribution is 2.49. The summed E-state index contributed by atoms with van der Waals surface area (Å²) in [6.45, 7) is 6.92. The van der Waals surface area contributed by atoms with E-state index < -0.39 is 0 Å². The van der Waals surface area contributed by atoms with E-state index in [1.165, 1.54) is 34.9 Å². The van der Waals surface area contributed by atoms with Crippen molar-refractivity contribution in [3.05, 3.63) is 70.9 Å². The summed E-state index contributed by atoms with van der Waals surface area (Å²) in [6.07, 6.45) is 2.48. The summed E-state index contributed by atoms with van der Waals surface area (Å²) >= 11 is 0. The number of rotatable bonds is 1. The van der Waals surface area contributed by atoms with Crippen LogP contribution in [0.15, 0.2) is 48.5 Å². The van der Waals surface area contributed by atoms with Gasteiger partial charge in [-0.2, -0.15) is 0 Å². The molecule has 3 aromatic rings. The molecular formula is C23H26N2. The smallest absolute Gasteiger partial charge is 0.0589 e. The number of aromatic nitrogens is 1. The van der Waals surface area contributed by atoms with Crippen LogP contribution >= 0.6 is 0 Å². The normalized spacial score (nSPS) is 26.0. The second-order valence-electron chi connectivity index (χ2n) is 8.42. The molecule has 25 heavy (non-hydrogen) atoms. The molecule has 5 rings (SSSR count). The van der Waals surface area contributed by atoms with E-state index >= 15 is 0 Å². The van der Waals surface area contributed by atoms with Crippen LogP contribution in [0.5, 0.6) is 0 Å². The van der Waals surface area contributed by atoms with Crippen molar-refractivity contribution in [3.8, 4) is 0 Å². The molecule has 2 atom stereocenters. The van der Waals surface area contributed by atoms with Gasteiger partial charge in [0.2, 0.25) is 0 Å². The van der Waals surface area contributed by atoms with Crippen molar-refractivity contribution in [2.75, 3.05) is 13.6 Å². The number of hydrogen-bond acceptors (Lipinski definition) is 1. The maximum atomic E-state index is 2.69. The largest absolute Gasteiger partial charge is 0.336 e. The van der Waals surface area contributed by atoms with E-state index in [-0.39, 0.29) is 5.41 Å². The van der Waals surface area contributed by atoms with Crippen molar-refractivity contribution < 1.29 is 0 Å². The van der Waals surface area contributed by atoms with E-state index in [9.17, 15) is 0 Å². The molecule has 0 radical (unpaired) electrons. The molecule has 0 amide bonds. The Bertz CT molecular complexity index is 953. The summed E-state index contributed by atoms with van der Waals surface area (Å²) in [5.74, 6) is 0. The van der Waals surface area contributed by atoms with Crippen LogP contribution in [-0.4, -0.2) is 23.1 Å². The lowest BCUT2D eigenvalue weighted by molar-refractivity contribution is 0.180. The van der Waals surface area contributed by atoms with E-state index in [4.69, 9.17) is 0 Å². The van der Waals surface area contributed by atoms with Crippen LogP contribution in [0.4, 0.5) is 0 Å². The lowest BCUT2D eigenvalue weighted by atomic mass is 9.73. The molecule has 0 aliphatic carbocycles. The number of hydrogen-bond donors (Lipinski definition) is 0. The monoisotopic (exact) mass is 330 g/mol. The number of benzene rings is 2. The summed E-state index contributed by atoms with van der Waals surface area (Å²) in [5.41, 5.74) is 7.66. The quantitative estimate of drug-likeness (QED) is 0.607. The average Bonchev–Trinajstić information content (AvgIpc) is 2.91. The number of nitrogens with zero attached hydrogens (tertiary/aromatic N) is 2. The molecule has 2 aliphatic heterocycles. The molecule has 0 unspecified atom stereocenters. The topological polar surface area (TPSA) is 8.17 Å². The molecule has 0 spiro atoms. The fourth-order valence-corrected chi connectivity index (χ4v) is 5.40. The third-order valence-electron chi connectivity index (χ3n) is 6.35. The Balaban J connectivity index is 1.85. The Kier molecular flexibility index (Phi) is 3.18. The molecule has 0 bridgehead atoms. The summed E-state index contributed by atoms with van der Waals surface area (Å²) in [6, 6.07) is 18.6. The van der Waals surface area contributed by atoms with Gasteiger partial charge in [0.1, 0.15) is 0 Å². The van der Waals surface area contributed by atoms with Crippen molar-refractivity contribution in [1.82, 2.24) is 9.47 Å². The van der Waals surface area contributed by atoms with Gasteiger partial charge in [-0.1, -0.05) is 48.9 Å². The Morgan fingerprint density at radius 1 is 1.08 bits per heavy atom. The molecule has 0 N–H and O–H groups in total. The van der Waals surface area contributed by atoms with Crippen LogP contribution in [0.2, 0.25) is 0 Å². The first-order valence-corrected chi connectivity index (χ1v) is 9.44. The summed E-state index contributed by atoms with van der Waals surface area (Å²) in [7, 11) is 2.27. The molecule has 2 aliphatic rings. The lowest BCUT2D eigenvalue weighted by Crippen LogP contribution is -2.46. The van der Waals surface area contributed by atoms with Gasteiger partial charge in [-0.05, 0) is 50.1 Å². The highest BCUT2D eigenvalue weighted by molar-refractivity contribution is 5.87. The van der Waals surface area contributed by atoms with Crippen molar-refractivity contribution >= 4 is 10.9 Å². The van der Waals surface area contributed by atoms with Crippen LogP contribution < -0.4 is 0 Å². The minimum Gasteiger partial charge on any atom is -0.336 e. The molecule has 0 fully saturated rings. The highest BCUT2D eigenvalue weighted by Gasteiger charge is 2.43. The Morgan fingerprint density at radius 2 is 1.88 bits per heavy atom. The Morgan fingerprint density at radius 3 is 2.68 bits per heavy atom. The standard InChI is InChI=1S/C23H26N2/c1-16-9-10-21-18(13-16)19-14-24(3)15-23(2)12-11-20(25(21)22(19)23)17-7-5-4-6-8-17/h4-10,13,20H,11-12,14-15H2,1-3H3/t20-,23-/m0/s1. The molecule has 1 aromatic heterocycles. The van der Waals surface area contributed by atoms with Gasteiger partial charge in [-0.15, -0.1) is 0 Å². The van der Waals surface area contributed by atoms with Gasteiger partial charge < -0.3 is 9.47 Å².